The maximum absolute atomic E-state index is 12.1. The molecule has 166 valence electrons. The summed E-state index contributed by atoms with van der Waals surface area (Å²) in [6, 6.07) is 14.2. The van der Waals surface area contributed by atoms with Crippen molar-refractivity contribution in [3.05, 3.63) is 65.7 Å². The van der Waals surface area contributed by atoms with Gasteiger partial charge in [0.15, 0.2) is 9.84 Å². The van der Waals surface area contributed by atoms with E-state index < -0.39 is 22.0 Å². The minimum Gasteiger partial charge on any atom is -0.478 e. The zero-order valence-electron chi connectivity index (χ0n) is 16.9. The number of carboxylic acids is 1. The van der Waals surface area contributed by atoms with Gasteiger partial charge in [-0.25, -0.2) is 18.0 Å². The summed E-state index contributed by atoms with van der Waals surface area (Å²) in [6.45, 7) is -0.164. The molecule has 0 aliphatic heterocycles. The third kappa shape index (κ3) is 7.52. The molecule has 2 aromatic carbocycles. The van der Waals surface area contributed by atoms with Crippen LogP contribution in [0.2, 0.25) is 0 Å². The third-order valence-corrected chi connectivity index (χ3v) is 5.98. The van der Waals surface area contributed by atoms with E-state index in [1.807, 2.05) is 0 Å². The van der Waals surface area contributed by atoms with Gasteiger partial charge in [0.25, 0.3) is 0 Å². The van der Waals surface area contributed by atoms with E-state index in [4.69, 9.17) is 9.47 Å². The molecule has 0 unspecified atom stereocenters. The van der Waals surface area contributed by atoms with Crippen LogP contribution in [0.25, 0.3) is 11.1 Å². The summed E-state index contributed by atoms with van der Waals surface area (Å²) in [7, 11) is -3.42. The maximum Gasteiger partial charge on any atom is 0.508 e. The fourth-order valence-electron chi connectivity index (χ4n) is 2.76. The number of unbranched alkanes of at least 4 members (excludes halogenated alkanes) is 1. The molecule has 2 aromatic rings. The molecule has 1 N–H and O–H groups in total. The van der Waals surface area contributed by atoms with E-state index in [1.165, 1.54) is 24.3 Å². The molecule has 31 heavy (non-hydrogen) atoms. The minimum absolute atomic E-state index is 0.0557. The number of carbonyl (C=O) groups is 2. The van der Waals surface area contributed by atoms with Gasteiger partial charge in [0.1, 0.15) is 6.61 Å². The van der Waals surface area contributed by atoms with Crippen LogP contribution >= 0.6 is 15.9 Å². The van der Waals surface area contributed by atoms with E-state index in [2.05, 4.69) is 15.9 Å². The fourth-order valence-corrected chi connectivity index (χ4v) is 3.79. The van der Waals surface area contributed by atoms with Crippen LogP contribution in [0.4, 0.5) is 4.79 Å². The molecule has 0 bridgehead atoms. The summed E-state index contributed by atoms with van der Waals surface area (Å²) in [5.74, 6) is -1.21. The normalized spacial score (nSPS) is 12.1. The van der Waals surface area contributed by atoms with Gasteiger partial charge in [-0.1, -0.05) is 58.4 Å². The van der Waals surface area contributed by atoms with Crippen LogP contribution in [-0.2, 0) is 24.1 Å². The molecular formula is C22H23BrO7S. The molecule has 0 saturated heterocycles. The molecule has 0 spiro atoms. The average molecular weight is 511 g/mol. The van der Waals surface area contributed by atoms with Crippen molar-refractivity contribution in [2.24, 2.45) is 0 Å². The van der Waals surface area contributed by atoms with Gasteiger partial charge >= 0.3 is 12.1 Å². The number of carboxylic acid groups (broad SMARTS) is 1. The number of hydrogen-bond acceptors (Lipinski definition) is 6. The van der Waals surface area contributed by atoms with Crippen molar-refractivity contribution < 1.29 is 32.6 Å². The fraction of sp³-hybridized carbons (Fsp3) is 0.273. The highest BCUT2D eigenvalue weighted by atomic mass is 79.9. The second-order valence-corrected chi connectivity index (χ2v) is 9.41. The monoisotopic (exact) mass is 510 g/mol. The van der Waals surface area contributed by atoms with Crippen LogP contribution in [0.15, 0.2) is 59.5 Å². The first kappa shape index (κ1) is 24.6. The van der Waals surface area contributed by atoms with Crippen LogP contribution in [0.3, 0.4) is 0 Å². The van der Waals surface area contributed by atoms with Crippen molar-refractivity contribution in [2.75, 3.05) is 24.8 Å². The van der Waals surface area contributed by atoms with Gasteiger partial charge in [0, 0.05) is 17.2 Å². The van der Waals surface area contributed by atoms with Crippen molar-refractivity contribution in [3.8, 4) is 0 Å². The predicted molar refractivity (Wildman–Crippen MR) is 121 cm³/mol. The van der Waals surface area contributed by atoms with E-state index in [-0.39, 0.29) is 29.3 Å². The Kier molecular flexibility index (Phi) is 9.26. The number of hydrogen-bond donors (Lipinski definition) is 1. The third-order valence-electron chi connectivity index (χ3n) is 4.29. The molecule has 0 atom stereocenters. The lowest BCUT2D eigenvalue weighted by Gasteiger charge is -2.14. The Labute approximate surface area is 189 Å². The number of alkyl halides is 1. The lowest BCUT2D eigenvalue weighted by atomic mass is 9.95. The van der Waals surface area contributed by atoms with E-state index in [0.29, 0.717) is 17.5 Å². The Morgan fingerprint density at radius 2 is 1.58 bits per heavy atom. The van der Waals surface area contributed by atoms with Gasteiger partial charge < -0.3 is 14.6 Å². The summed E-state index contributed by atoms with van der Waals surface area (Å²) in [5.41, 5.74) is 1.00. The number of halogens is 1. The van der Waals surface area contributed by atoms with E-state index in [0.717, 1.165) is 18.0 Å². The molecule has 2 rings (SSSR count). The highest BCUT2D eigenvalue weighted by Crippen LogP contribution is 2.28. The summed E-state index contributed by atoms with van der Waals surface area (Å²) < 4.78 is 33.7. The van der Waals surface area contributed by atoms with Crippen LogP contribution in [0, 0.1) is 0 Å². The Morgan fingerprint density at radius 1 is 0.935 bits per heavy atom. The number of carbonyl (C=O) groups excluding carboxylic acids is 1. The van der Waals surface area contributed by atoms with Crippen molar-refractivity contribution >= 4 is 49.0 Å². The topological polar surface area (TPSA) is 107 Å². The zero-order chi connectivity index (χ0) is 22.9. The second kappa shape index (κ2) is 11.7. The first-order valence-corrected chi connectivity index (χ1v) is 12.4. The Bertz CT molecular complexity index is 1030. The Balaban J connectivity index is 2.40. The standard InChI is InChI=1S/C22H23BrO7S/c1-31(27,28)18-11-9-16(10-12-18)19(15-30-22(26)29-14-6-5-13-23)20(21(24)25)17-7-3-2-4-8-17/h2-4,7-12H,5-6,13-15H2,1H3,(H,24,25)/b20-19+. The number of sulfone groups is 1. The van der Waals surface area contributed by atoms with Gasteiger partial charge in [-0.3, -0.25) is 0 Å². The molecule has 0 amide bonds. The molecular weight excluding hydrogens is 488 g/mol. The largest absolute Gasteiger partial charge is 0.508 e. The van der Waals surface area contributed by atoms with E-state index in [9.17, 15) is 23.1 Å². The van der Waals surface area contributed by atoms with Gasteiger partial charge in [0.2, 0.25) is 0 Å². The predicted octanol–water partition coefficient (Wildman–Crippen LogP) is 4.41. The Hall–Kier alpha value is -2.65. The van der Waals surface area contributed by atoms with Crippen LogP contribution in [0.5, 0.6) is 0 Å². The maximum atomic E-state index is 12.1. The lowest BCUT2D eigenvalue weighted by molar-refractivity contribution is -0.130. The lowest BCUT2D eigenvalue weighted by Crippen LogP contribution is -2.13. The molecule has 0 aliphatic rings. The van der Waals surface area contributed by atoms with Gasteiger partial charge in [-0.05, 0) is 36.1 Å². The second-order valence-electron chi connectivity index (χ2n) is 6.60. The SMILES string of the molecule is CS(=O)(=O)c1ccc(/C(COC(=O)OCCCCBr)=C(/C(=O)O)c2ccccc2)cc1. The van der Waals surface area contributed by atoms with Gasteiger partial charge in [-0.2, -0.15) is 0 Å². The molecule has 0 aromatic heterocycles. The molecule has 0 heterocycles. The van der Waals surface area contributed by atoms with E-state index in [1.54, 1.807) is 30.3 Å². The highest BCUT2D eigenvalue weighted by Gasteiger charge is 2.20. The Morgan fingerprint density at radius 3 is 2.13 bits per heavy atom. The highest BCUT2D eigenvalue weighted by molar-refractivity contribution is 9.09. The smallest absolute Gasteiger partial charge is 0.478 e. The van der Waals surface area contributed by atoms with Crippen LogP contribution in [0.1, 0.15) is 24.0 Å². The first-order valence-electron chi connectivity index (χ1n) is 9.42. The van der Waals surface area contributed by atoms with Crippen LogP contribution in [-0.4, -0.2) is 50.4 Å². The molecule has 0 radical (unpaired) electrons. The van der Waals surface area contributed by atoms with Crippen molar-refractivity contribution in [1.82, 2.24) is 0 Å². The summed E-state index contributed by atoms with van der Waals surface area (Å²) >= 11 is 3.29. The zero-order valence-corrected chi connectivity index (χ0v) is 19.3. The minimum atomic E-state index is -3.42. The first-order chi connectivity index (χ1) is 14.7. The average Bonchev–Trinajstić information content (AvgIpc) is 2.74. The van der Waals surface area contributed by atoms with Crippen LogP contribution < -0.4 is 0 Å². The van der Waals surface area contributed by atoms with Gasteiger partial charge in [-0.15, -0.1) is 0 Å². The van der Waals surface area contributed by atoms with Crippen molar-refractivity contribution in [3.63, 3.8) is 0 Å². The molecule has 0 fully saturated rings. The quantitative estimate of drug-likeness (QED) is 0.166. The summed E-state index contributed by atoms with van der Waals surface area (Å²) in [6.07, 6.45) is 1.68. The van der Waals surface area contributed by atoms with Gasteiger partial charge in [0.05, 0.1) is 17.1 Å². The summed E-state index contributed by atoms with van der Waals surface area (Å²) in [4.78, 5) is 24.1. The van der Waals surface area contributed by atoms with Crippen molar-refractivity contribution in [1.29, 1.82) is 0 Å². The van der Waals surface area contributed by atoms with E-state index >= 15 is 0 Å². The molecule has 0 saturated carbocycles. The number of ether oxygens (including phenoxy) is 2. The van der Waals surface area contributed by atoms with Crippen molar-refractivity contribution in [2.45, 2.75) is 17.7 Å². The molecule has 9 heteroatoms. The number of rotatable bonds is 10. The number of benzene rings is 2. The number of aliphatic carboxylic acids is 1. The summed E-state index contributed by atoms with van der Waals surface area (Å²) in [5, 5.41) is 10.7. The molecule has 7 nitrogen and oxygen atoms in total. The molecule has 0 aliphatic carbocycles.